The summed E-state index contributed by atoms with van der Waals surface area (Å²) < 4.78 is 11.0. The van der Waals surface area contributed by atoms with Crippen LogP contribution in [0.1, 0.15) is 32.9 Å². The third kappa shape index (κ3) is 4.21. The topological polar surface area (TPSA) is 77.2 Å². The highest BCUT2D eigenvalue weighted by Gasteiger charge is 2.21. The predicted octanol–water partition coefficient (Wildman–Crippen LogP) is 4.48. The van der Waals surface area contributed by atoms with Crippen molar-refractivity contribution in [3.63, 3.8) is 0 Å². The number of hydrogen-bond acceptors (Lipinski definition) is 5. The van der Waals surface area contributed by atoms with Crippen molar-refractivity contribution in [2.24, 2.45) is 0 Å². The number of hydrogen-bond donors (Lipinski definition) is 1. The average molecular weight is 372 g/mol. The van der Waals surface area contributed by atoms with E-state index in [0.717, 1.165) is 16.9 Å². The molecule has 1 amide bonds. The normalized spacial score (nSPS) is 10.6. The molecular weight excluding hydrogens is 354 g/mol. The van der Waals surface area contributed by atoms with Gasteiger partial charge < -0.3 is 14.6 Å². The fraction of sp³-hybridized carbons (Fsp3) is 0.211. The van der Waals surface area contributed by atoms with Crippen LogP contribution in [-0.4, -0.2) is 16.0 Å². The molecule has 0 fully saturated rings. The summed E-state index contributed by atoms with van der Waals surface area (Å²) in [6.07, 6.45) is 1.45. The molecule has 0 saturated carbocycles. The van der Waals surface area contributed by atoms with Crippen LogP contribution in [0.2, 0.25) is 5.02 Å². The highest BCUT2D eigenvalue weighted by Crippen LogP contribution is 2.21. The van der Waals surface area contributed by atoms with Gasteiger partial charge in [-0.15, -0.1) is 0 Å². The number of carbonyl (C=O) groups excluding carboxylic acids is 1. The van der Waals surface area contributed by atoms with Gasteiger partial charge in [0, 0.05) is 6.20 Å². The van der Waals surface area contributed by atoms with Crippen LogP contribution in [-0.2, 0) is 6.61 Å². The van der Waals surface area contributed by atoms with Crippen LogP contribution in [0.25, 0.3) is 0 Å². The van der Waals surface area contributed by atoms with Crippen molar-refractivity contribution in [3.8, 4) is 5.75 Å². The summed E-state index contributed by atoms with van der Waals surface area (Å²) >= 11 is 5.80. The van der Waals surface area contributed by atoms with Gasteiger partial charge in [-0.25, -0.2) is 4.98 Å². The molecule has 6 nitrogen and oxygen atoms in total. The van der Waals surface area contributed by atoms with Crippen LogP contribution in [0.15, 0.2) is 41.1 Å². The Morgan fingerprint density at radius 3 is 2.58 bits per heavy atom. The van der Waals surface area contributed by atoms with Gasteiger partial charge in [0.1, 0.15) is 23.9 Å². The molecule has 1 aromatic carbocycles. The Balaban J connectivity index is 1.75. The van der Waals surface area contributed by atoms with Gasteiger partial charge in [0.05, 0.1) is 10.6 Å². The Labute approximate surface area is 156 Å². The zero-order chi connectivity index (χ0) is 18.7. The first-order valence-electron chi connectivity index (χ1n) is 8.01. The number of anilines is 1. The van der Waals surface area contributed by atoms with E-state index in [1.807, 2.05) is 26.0 Å². The number of carbonyl (C=O) groups is 1. The maximum absolute atomic E-state index is 12.5. The van der Waals surface area contributed by atoms with Crippen molar-refractivity contribution < 1.29 is 14.1 Å². The van der Waals surface area contributed by atoms with Crippen LogP contribution >= 0.6 is 11.6 Å². The van der Waals surface area contributed by atoms with Gasteiger partial charge in [-0.2, -0.15) is 0 Å². The summed E-state index contributed by atoms with van der Waals surface area (Å²) in [5, 5.41) is 7.01. The summed E-state index contributed by atoms with van der Waals surface area (Å²) in [7, 11) is 0. The molecule has 0 atom stereocenters. The summed E-state index contributed by atoms with van der Waals surface area (Å²) in [5.74, 6) is 1.22. The zero-order valence-electron chi connectivity index (χ0n) is 14.7. The minimum atomic E-state index is -0.421. The van der Waals surface area contributed by atoms with E-state index >= 15 is 0 Å². The van der Waals surface area contributed by atoms with Gasteiger partial charge in [-0.05, 0) is 56.2 Å². The third-order valence-electron chi connectivity index (χ3n) is 3.75. The van der Waals surface area contributed by atoms with Crippen molar-refractivity contribution in [2.45, 2.75) is 27.4 Å². The fourth-order valence-corrected chi connectivity index (χ4v) is 2.65. The molecular formula is C19H18ClN3O3. The predicted molar refractivity (Wildman–Crippen MR) is 98.7 cm³/mol. The van der Waals surface area contributed by atoms with E-state index in [0.29, 0.717) is 22.2 Å². The lowest BCUT2D eigenvalue weighted by atomic mass is 10.1. The summed E-state index contributed by atoms with van der Waals surface area (Å²) in [4.78, 5) is 16.5. The van der Waals surface area contributed by atoms with Crippen molar-refractivity contribution >= 4 is 23.3 Å². The van der Waals surface area contributed by atoms with Crippen LogP contribution in [0.4, 0.5) is 5.82 Å². The summed E-state index contributed by atoms with van der Waals surface area (Å²) in [6, 6.07) is 9.19. The molecule has 2 heterocycles. The smallest absolute Gasteiger partial charge is 0.279 e. The number of amides is 1. The summed E-state index contributed by atoms with van der Waals surface area (Å²) in [5.41, 5.74) is 2.97. The second kappa shape index (κ2) is 7.58. The number of pyridine rings is 1. The first-order valence-corrected chi connectivity index (χ1v) is 8.39. The van der Waals surface area contributed by atoms with E-state index in [9.17, 15) is 4.79 Å². The minimum Gasteiger partial charge on any atom is -0.489 e. The van der Waals surface area contributed by atoms with Gasteiger partial charge in [0.2, 0.25) is 0 Å². The van der Waals surface area contributed by atoms with E-state index < -0.39 is 5.91 Å². The third-order valence-corrected chi connectivity index (χ3v) is 3.97. The molecule has 0 aliphatic rings. The van der Waals surface area contributed by atoms with E-state index in [2.05, 4.69) is 21.5 Å². The molecule has 3 aromatic rings. The lowest BCUT2D eigenvalue weighted by molar-refractivity contribution is 0.101. The molecule has 0 aliphatic carbocycles. The van der Waals surface area contributed by atoms with E-state index in [1.165, 1.54) is 6.20 Å². The molecule has 26 heavy (non-hydrogen) atoms. The molecule has 0 bridgehead atoms. The molecule has 1 N–H and O–H groups in total. The van der Waals surface area contributed by atoms with Crippen molar-refractivity contribution in [1.29, 1.82) is 0 Å². The van der Waals surface area contributed by atoms with Gasteiger partial charge in [0.15, 0.2) is 5.69 Å². The molecule has 3 rings (SSSR count). The number of rotatable bonds is 5. The number of benzene rings is 1. The number of ether oxygens (including phenoxy) is 1. The maximum Gasteiger partial charge on any atom is 0.279 e. The SMILES string of the molecule is Cc1cc(C)cc(OCc2c(C(=O)Nc3ccc(Cl)cn3)noc2C)c1. The number of nitrogens with zero attached hydrogens (tertiary/aromatic N) is 2. The van der Waals surface area contributed by atoms with Crippen LogP contribution in [0.5, 0.6) is 5.75 Å². The van der Waals surface area contributed by atoms with E-state index in [4.69, 9.17) is 20.9 Å². The van der Waals surface area contributed by atoms with Gasteiger partial charge in [-0.1, -0.05) is 22.8 Å². The Morgan fingerprint density at radius 1 is 1.19 bits per heavy atom. The number of halogens is 1. The number of aryl methyl sites for hydroxylation is 3. The molecule has 2 aromatic heterocycles. The van der Waals surface area contributed by atoms with Crippen LogP contribution < -0.4 is 10.1 Å². The zero-order valence-corrected chi connectivity index (χ0v) is 15.4. The minimum absolute atomic E-state index is 0.170. The Morgan fingerprint density at radius 2 is 1.92 bits per heavy atom. The number of nitrogens with one attached hydrogen (secondary N) is 1. The van der Waals surface area contributed by atoms with Crippen LogP contribution in [0.3, 0.4) is 0 Å². The van der Waals surface area contributed by atoms with E-state index in [-0.39, 0.29) is 12.3 Å². The quantitative estimate of drug-likeness (QED) is 0.715. The lowest BCUT2D eigenvalue weighted by Crippen LogP contribution is -2.16. The molecule has 0 unspecified atom stereocenters. The molecule has 0 saturated heterocycles. The van der Waals surface area contributed by atoms with Crippen molar-refractivity contribution in [2.75, 3.05) is 5.32 Å². The maximum atomic E-state index is 12.5. The first kappa shape index (κ1) is 17.9. The number of aromatic nitrogens is 2. The first-order chi connectivity index (χ1) is 12.4. The Hall–Kier alpha value is -2.86. The Kier molecular flexibility index (Phi) is 5.23. The second-order valence-electron chi connectivity index (χ2n) is 5.99. The van der Waals surface area contributed by atoms with E-state index in [1.54, 1.807) is 19.1 Å². The van der Waals surface area contributed by atoms with Crippen molar-refractivity contribution in [3.05, 3.63) is 69.7 Å². The average Bonchev–Trinajstić information content (AvgIpc) is 2.95. The molecule has 134 valence electrons. The molecule has 0 spiro atoms. The highest BCUT2D eigenvalue weighted by molar-refractivity contribution is 6.30. The second-order valence-corrected chi connectivity index (χ2v) is 6.43. The molecule has 0 radical (unpaired) electrons. The Bertz CT molecular complexity index is 915. The molecule has 7 heteroatoms. The van der Waals surface area contributed by atoms with Crippen molar-refractivity contribution in [1.82, 2.24) is 10.1 Å². The summed E-state index contributed by atoms with van der Waals surface area (Å²) in [6.45, 7) is 5.92. The van der Waals surface area contributed by atoms with Crippen LogP contribution in [0, 0.1) is 20.8 Å². The standard InChI is InChI=1S/C19H18ClN3O3/c1-11-6-12(2)8-15(7-11)25-10-16-13(3)26-23-18(16)19(24)22-17-5-4-14(20)9-21-17/h4-9H,10H2,1-3H3,(H,21,22,24). The monoisotopic (exact) mass is 371 g/mol. The van der Waals surface area contributed by atoms with Gasteiger partial charge in [0.25, 0.3) is 5.91 Å². The van der Waals surface area contributed by atoms with Gasteiger partial charge >= 0.3 is 0 Å². The fourth-order valence-electron chi connectivity index (χ4n) is 2.54. The molecule has 0 aliphatic heterocycles. The lowest BCUT2D eigenvalue weighted by Gasteiger charge is -2.09. The van der Waals surface area contributed by atoms with Gasteiger partial charge in [-0.3, -0.25) is 4.79 Å². The highest BCUT2D eigenvalue weighted by atomic mass is 35.5. The largest absolute Gasteiger partial charge is 0.489 e.